The number of carbonyl (C=O) groups is 1. The van der Waals surface area contributed by atoms with Crippen molar-refractivity contribution in [3.63, 3.8) is 0 Å². The fraction of sp³-hybridized carbons (Fsp3) is 0.385. The summed E-state index contributed by atoms with van der Waals surface area (Å²) in [5.74, 6) is 0. The molecule has 0 radical (unpaired) electrons. The molecule has 2 rings (SSSR count). The number of nitrogens with zero attached hydrogens (tertiary/aromatic N) is 3. The SMILES string of the molecule is N#CCNC(=O)N1CCN(S(=O)(=O)c2ccccc2)CC1. The summed E-state index contributed by atoms with van der Waals surface area (Å²) >= 11 is 0. The van der Waals surface area contributed by atoms with Gasteiger partial charge in [0.25, 0.3) is 0 Å². The van der Waals surface area contributed by atoms with E-state index < -0.39 is 10.0 Å². The summed E-state index contributed by atoms with van der Waals surface area (Å²) < 4.78 is 26.2. The summed E-state index contributed by atoms with van der Waals surface area (Å²) in [4.78, 5) is 13.4. The van der Waals surface area contributed by atoms with Crippen LogP contribution in [0.25, 0.3) is 0 Å². The predicted molar refractivity (Wildman–Crippen MR) is 75.8 cm³/mol. The molecule has 0 aromatic heterocycles. The Balaban J connectivity index is 1.98. The molecular formula is C13H16N4O3S. The molecular weight excluding hydrogens is 292 g/mol. The molecule has 0 unspecified atom stereocenters. The van der Waals surface area contributed by atoms with E-state index in [1.54, 1.807) is 30.3 Å². The first-order valence-corrected chi connectivity index (χ1v) is 7.94. The van der Waals surface area contributed by atoms with Crippen LogP contribution in [0.5, 0.6) is 0 Å². The maximum atomic E-state index is 12.4. The van der Waals surface area contributed by atoms with Crippen molar-refractivity contribution in [3.05, 3.63) is 30.3 Å². The Labute approximate surface area is 123 Å². The highest BCUT2D eigenvalue weighted by atomic mass is 32.2. The molecule has 1 aliphatic heterocycles. The van der Waals surface area contributed by atoms with E-state index in [0.717, 1.165) is 0 Å². The van der Waals surface area contributed by atoms with Crippen molar-refractivity contribution in [2.24, 2.45) is 0 Å². The molecule has 1 aromatic carbocycles. The molecule has 0 atom stereocenters. The zero-order valence-electron chi connectivity index (χ0n) is 11.4. The van der Waals surface area contributed by atoms with Crippen LogP contribution in [0.4, 0.5) is 4.79 Å². The number of benzene rings is 1. The molecule has 1 N–H and O–H groups in total. The third-order valence-electron chi connectivity index (χ3n) is 3.23. The Morgan fingerprint density at radius 1 is 1.19 bits per heavy atom. The summed E-state index contributed by atoms with van der Waals surface area (Å²) in [5.41, 5.74) is 0. The lowest BCUT2D eigenvalue weighted by Crippen LogP contribution is -2.53. The number of urea groups is 1. The van der Waals surface area contributed by atoms with Gasteiger partial charge in [-0.3, -0.25) is 0 Å². The Hall–Kier alpha value is -2.11. The number of carbonyl (C=O) groups excluding carboxylic acids is 1. The quantitative estimate of drug-likeness (QED) is 0.809. The number of amides is 2. The van der Waals surface area contributed by atoms with Crippen molar-refractivity contribution in [1.82, 2.24) is 14.5 Å². The topological polar surface area (TPSA) is 93.5 Å². The highest BCUT2D eigenvalue weighted by molar-refractivity contribution is 7.89. The highest BCUT2D eigenvalue weighted by Gasteiger charge is 2.29. The summed E-state index contributed by atoms with van der Waals surface area (Å²) in [7, 11) is -3.51. The molecule has 1 heterocycles. The van der Waals surface area contributed by atoms with Crippen LogP contribution in [0.15, 0.2) is 35.2 Å². The summed E-state index contributed by atoms with van der Waals surface area (Å²) in [6.07, 6.45) is 0. The van der Waals surface area contributed by atoms with Crippen molar-refractivity contribution in [3.8, 4) is 6.07 Å². The number of nitriles is 1. The van der Waals surface area contributed by atoms with Crippen molar-refractivity contribution in [2.45, 2.75) is 4.90 Å². The molecule has 0 spiro atoms. The number of hydrogen-bond acceptors (Lipinski definition) is 4. The second kappa shape index (κ2) is 6.56. The van der Waals surface area contributed by atoms with E-state index in [-0.39, 0.29) is 30.6 Å². The van der Waals surface area contributed by atoms with Gasteiger partial charge in [-0.1, -0.05) is 18.2 Å². The average Bonchev–Trinajstić information content (AvgIpc) is 2.53. The summed E-state index contributed by atoms with van der Waals surface area (Å²) in [6, 6.07) is 9.72. The molecule has 1 fully saturated rings. The van der Waals surface area contributed by atoms with Gasteiger partial charge in [0.2, 0.25) is 10.0 Å². The van der Waals surface area contributed by atoms with Crippen LogP contribution in [-0.4, -0.2) is 56.4 Å². The second-order valence-electron chi connectivity index (χ2n) is 4.52. The van der Waals surface area contributed by atoms with E-state index in [1.807, 2.05) is 6.07 Å². The monoisotopic (exact) mass is 308 g/mol. The Kier molecular flexibility index (Phi) is 4.77. The number of sulfonamides is 1. The number of piperazine rings is 1. The molecule has 1 aliphatic rings. The smallest absolute Gasteiger partial charge is 0.318 e. The van der Waals surface area contributed by atoms with Crippen LogP contribution >= 0.6 is 0 Å². The van der Waals surface area contributed by atoms with E-state index >= 15 is 0 Å². The average molecular weight is 308 g/mol. The number of rotatable bonds is 3. The van der Waals surface area contributed by atoms with Gasteiger partial charge in [-0.05, 0) is 12.1 Å². The van der Waals surface area contributed by atoms with Gasteiger partial charge in [0, 0.05) is 26.2 Å². The zero-order valence-corrected chi connectivity index (χ0v) is 12.2. The molecule has 0 saturated carbocycles. The lowest BCUT2D eigenvalue weighted by atomic mass is 10.4. The molecule has 8 heteroatoms. The molecule has 2 amide bonds. The predicted octanol–water partition coefficient (Wildman–Crippen LogP) is 0.226. The third kappa shape index (κ3) is 3.51. The molecule has 0 bridgehead atoms. The largest absolute Gasteiger partial charge is 0.325 e. The highest BCUT2D eigenvalue weighted by Crippen LogP contribution is 2.17. The lowest BCUT2D eigenvalue weighted by Gasteiger charge is -2.33. The number of hydrogen-bond donors (Lipinski definition) is 1. The number of nitrogens with one attached hydrogen (secondary N) is 1. The van der Waals surface area contributed by atoms with Gasteiger partial charge in [-0.25, -0.2) is 13.2 Å². The minimum atomic E-state index is -3.51. The van der Waals surface area contributed by atoms with Gasteiger partial charge >= 0.3 is 6.03 Å². The zero-order chi connectivity index (χ0) is 15.3. The molecule has 1 aromatic rings. The van der Waals surface area contributed by atoms with Crippen LogP contribution in [0.2, 0.25) is 0 Å². The van der Waals surface area contributed by atoms with E-state index in [9.17, 15) is 13.2 Å². The van der Waals surface area contributed by atoms with Crippen molar-refractivity contribution < 1.29 is 13.2 Å². The van der Waals surface area contributed by atoms with Gasteiger partial charge in [0.1, 0.15) is 6.54 Å². The Morgan fingerprint density at radius 3 is 2.38 bits per heavy atom. The minimum Gasteiger partial charge on any atom is -0.325 e. The first-order valence-electron chi connectivity index (χ1n) is 6.50. The van der Waals surface area contributed by atoms with E-state index in [1.165, 1.54) is 9.21 Å². The van der Waals surface area contributed by atoms with Crippen LogP contribution in [0.1, 0.15) is 0 Å². The summed E-state index contributed by atoms with van der Waals surface area (Å²) in [5, 5.41) is 10.9. The van der Waals surface area contributed by atoms with Gasteiger partial charge in [0.05, 0.1) is 11.0 Å². The Morgan fingerprint density at radius 2 is 1.81 bits per heavy atom. The van der Waals surface area contributed by atoms with E-state index in [2.05, 4.69) is 5.32 Å². The molecule has 7 nitrogen and oxygen atoms in total. The fourth-order valence-electron chi connectivity index (χ4n) is 2.10. The second-order valence-corrected chi connectivity index (χ2v) is 6.46. The molecule has 1 saturated heterocycles. The first-order chi connectivity index (χ1) is 10.1. The van der Waals surface area contributed by atoms with Gasteiger partial charge < -0.3 is 10.2 Å². The van der Waals surface area contributed by atoms with E-state index in [0.29, 0.717) is 13.1 Å². The van der Waals surface area contributed by atoms with Gasteiger partial charge in [0.15, 0.2) is 0 Å². The molecule has 21 heavy (non-hydrogen) atoms. The standard InChI is InChI=1S/C13H16N4O3S/c14-6-7-15-13(18)16-8-10-17(11-9-16)21(19,20)12-4-2-1-3-5-12/h1-5H,7-11H2,(H,15,18). The van der Waals surface area contributed by atoms with Crippen molar-refractivity contribution in [2.75, 3.05) is 32.7 Å². The van der Waals surface area contributed by atoms with E-state index in [4.69, 9.17) is 5.26 Å². The van der Waals surface area contributed by atoms with Crippen molar-refractivity contribution in [1.29, 1.82) is 5.26 Å². The van der Waals surface area contributed by atoms with Crippen LogP contribution in [-0.2, 0) is 10.0 Å². The normalized spacial score (nSPS) is 16.2. The minimum absolute atomic E-state index is 0.0542. The van der Waals surface area contributed by atoms with Gasteiger partial charge in [-0.15, -0.1) is 0 Å². The molecule has 0 aliphatic carbocycles. The van der Waals surface area contributed by atoms with Crippen molar-refractivity contribution >= 4 is 16.1 Å². The third-order valence-corrected chi connectivity index (χ3v) is 5.14. The van der Waals surface area contributed by atoms with Crippen LogP contribution in [0, 0.1) is 11.3 Å². The maximum absolute atomic E-state index is 12.4. The van der Waals surface area contributed by atoms with Crippen LogP contribution in [0.3, 0.4) is 0 Å². The lowest BCUT2D eigenvalue weighted by molar-refractivity contribution is 0.173. The fourth-order valence-corrected chi connectivity index (χ4v) is 3.54. The van der Waals surface area contributed by atoms with Crippen LogP contribution < -0.4 is 5.32 Å². The van der Waals surface area contributed by atoms with Gasteiger partial charge in [-0.2, -0.15) is 9.57 Å². The Bertz CT molecular complexity index is 631. The molecule has 112 valence electrons. The maximum Gasteiger partial charge on any atom is 0.318 e. The summed E-state index contributed by atoms with van der Waals surface area (Å²) in [6.45, 7) is 1.06. The first kappa shape index (κ1) is 15.3.